The van der Waals surface area contributed by atoms with E-state index in [9.17, 15) is 12.8 Å². The molecule has 0 amide bonds. The number of anilines is 1. The van der Waals surface area contributed by atoms with Crippen LogP contribution < -0.4 is 15.0 Å². The molecule has 0 spiro atoms. The number of ether oxygens (including phenoxy) is 1. The van der Waals surface area contributed by atoms with Crippen LogP contribution in [0.25, 0.3) is 0 Å². The molecule has 2 N–H and O–H groups in total. The van der Waals surface area contributed by atoms with E-state index in [-0.39, 0.29) is 36.6 Å². The normalized spacial score (nSPS) is 25.5. The first-order chi connectivity index (χ1) is 13.7. The summed E-state index contributed by atoms with van der Waals surface area (Å²) in [6.45, 7) is 1.76. The first-order valence-electron chi connectivity index (χ1n) is 8.94. The van der Waals surface area contributed by atoms with Crippen LogP contribution >= 0.6 is 0 Å². The molecule has 29 heavy (non-hydrogen) atoms. The number of methoxy groups -OCH3 is 1. The van der Waals surface area contributed by atoms with Gasteiger partial charge in [-0.3, -0.25) is 5.41 Å². The van der Waals surface area contributed by atoms with Crippen LogP contribution in [0.4, 0.5) is 10.3 Å². The van der Waals surface area contributed by atoms with E-state index in [2.05, 4.69) is 15.3 Å². The molecule has 0 bridgehead atoms. The average molecular weight is 420 g/mol. The third-order valence-electron chi connectivity index (χ3n) is 5.51. The second kappa shape index (κ2) is 6.55. The van der Waals surface area contributed by atoms with Gasteiger partial charge in [-0.15, -0.1) is 0 Å². The SMILES string of the molecule is COc1nc(N2C[C@@H]3[C@](c4ccccc4)(C2)NC(=N)N(C)S3(=O)=O)nc(C)c1F. The second-order valence-electron chi connectivity index (χ2n) is 7.12. The van der Waals surface area contributed by atoms with Gasteiger partial charge in [0, 0.05) is 20.1 Å². The minimum Gasteiger partial charge on any atom is -0.479 e. The van der Waals surface area contributed by atoms with Gasteiger partial charge in [0.05, 0.1) is 12.8 Å². The van der Waals surface area contributed by atoms with E-state index in [4.69, 9.17) is 10.1 Å². The highest BCUT2D eigenvalue weighted by atomic mass is 32.2. The molecular formula is C18H21FN6O3S. The molecule has 4 rings (SSSR count). The molecule has 154 valence electrons. The van der Waals surface area contributed by atoms with Crippen molar-refractivity contribution in [2.75, 3.05) is 32.1 Å². The van der Waals surface area contributed by atoms with Crippen LogP contribution in [0.2, 0.25) is 0 Å². The molecule has 1 aromatic carbocycles. The number of aromatic nitrogens is 2. The predicted octanol–water partition coefficient (Wildman–Crippen LogP) is 0.816. The maximum atomic E-state index is 14.1. The highest BCUT2D eigenvalue weighted by Crippen LogP contribution is 2.41. The number of nitrogens with zero attached hydrogens (tertiary/aromatic N) is 4. The van der Waals surface area contributed by atoms with Crippen molar-refractivity contribution in [2.45, 2.75) is 17.7 Å². The van der Waals surface area contributed by atoms with Crippen molar-refractivity contribution < 1.29 is 17.5 Å². The molecule has 3 heterocycles. The number of sulfonamides is 1. The molecule has 9 nitrogen and oxygen atoms in total. The maximum absolute atomic E-state index is 14.1. The summed E-state index contributed by atoms with van der Waals surface area (Å²) < 4.78 is 46.5. The van der Waals surface area contributed by atoms with E-state index < -0.39 is 26.6 Å². The Hall–Kier alpha value is -2.95. The highest BCUT2D eigenvalue weighted by Gasteiger charge is 2.59. The first-order valence-corrected chi connectivity index (χ1v) is 10.4. The minimum atomic E-state index is -3.83. The van der Waals surface area contributed by atoms with Gasteiger partial charge < -0.3 is 15.0 Å². The zero-order valence-corrected chi connectivity index (χ0v) is 17.0. The van der Waals surface area contributed by atoms with Crippen molar-refractivity contribution >= 4 is 21.9 Å². The summed E-state index contributed by atoms with van der Waals surface area (Å²) in [7, 11) is -1.16. The van der Waals surface area contributed by atoms with Gasteiger partial charge in [0.15, 0.2) is 0 Å². The van der Waals surface area contributed by atoms with E-state index in [0.717, 1.165) is 9.87 Å². The van der Waals surface area contributed by atoms with Gasteiger partial charge in [-0.1, -0.05) is 30.3 Å². The van der Waals surface area contributed by atoms with Gasteiger partial charge in [0.1, 0.15) is 10.8 Å². The quantitative estimate of drug-likeness (QED) is 0.756. The average Bonchev–Trinajstić information content (AvgIpc) is 3.11. The van der Waals surface area contributed by atoms with E-state index in [1.54, 1.807) is 4.90 Å². The van der Waals surface area contributed by atoms with Crippen molar-refractivity contribution in [3.05, 3.63) is 47.4 Å². The van der Waals surface area contributed by atoms with Crippen molar-refractivity contribution in [1.82, 2.24) is 19.6 Å². The summed E-state index contributed by atoms with van der Waals surface area (Å²) in [6.07, 6.45) is 0. The third kappa shape index (κ3) is 2.79. The number of benzene rings is 1. The molecule has 0 aliphatic carbocycles. The lowest BCUT2D eigenvalue weighted by Gasteiger charge is -2.43. The van der Waals surface area contributed by atoms with Crippen LogP contribution in [-0.4, -0.2) is 61.1 Å². The van der Waals surface area contributed by atoms with Crippen LogP contribution in [-0.2, 0) is 15.6 Å². The Morgan fingerprint density at radius 3 is 2.66 bits per heavy atom. The standard InChI is InChI=1S/C18H21FN6O3S/c1-11-14(19)15(28-3)22-17(21-11)25-9-13-18(10-25,12-7-5-4-6-8-12)23-16(20)24(2)29(13,26)27/h4-8,13H,9-10H2,1-3H3,(H2,20,23)/t13-,18-/m1/s1. The van der Waals surface area contributed by atoms with Gasteiger partial charge in [-0.25, -0.2) is 17.7 Å². The Bertz CT molecular complexity index is 1080. The largest absolute Gasteiger partial charge is 0.479 e. The van der Waals surface area contributed by atoms with E-state index in [0.29, 0.717) is 0 Å². The summed E-state index contributed by atoms with van der Waals surface area (Å²) >= 11 is 0. The van der Waals surface area contributed by atoms with Crippen LogP contribution in [0, 0.1) is 18.2 Å². The molecule has 2 fully saturated rings. The van der Waals surface area contributed by atoms with Crippen LogP contribution in [0.3, 0.4) is 0 Å². The van der Waals surface area contributed by atoms with Crippen molar-refractivity contribution in [1.29, 1.82) is 5.41 Å². The molecule has 1 aromatic heterocycles. The number of nitrogens with one attached hydrogen (secondary N) is 2. The van der Waals surface area contributed by atoms with Crippen molar-refractivity contribution in [2.24, 2.45) is 0 Å². The molecule has 0 radical (unpaired) electrons. The molecule has 0 unspecified atom stereocenters. The lowest BCUT2D eigenvalue weighted by atomic mass is 9.88. The number of rotatable bonds is 3. The number of aryl methyl sites for hydroxylation is 1. The Morgan fingerprint density at radius 1 is 1.31 bits per heavy atom. The first kappa shape index (κ1) is 19.4. The number of hydrogen-bond donors (Lipinski definition) is 2. The number of guanidine groups is 1. The van der Waals surface area contributed by atoms with Gasteiger partial charge in [0.2, 0.25) is 27.7 Å². The zero-order valence-electron chi connectivity index (χ0n) is 16.2. The van der Waals surface area contributed by atoms with Gasteiger partial charge in [-0.05, 0) is 12.5 Å². The highest BCUT2D eigenvalue weighted by molar-refractivity contribution is 7.90. The minimum absolute atomic E-state index is 0.0794. The van der Waals surface area contributed by atoms with Crippen LogP contribution in [0.15, 0.2) is 30.3 Å². The zero-order chi connectivity index (χ0) is 21.0. The van der Waals surface area contributed by atoms with Crippen molar-refractivity contribution in [3.63, 3.8) is 0 Å². The van der Waals surface area contributed by atoms with Crippen molar-refractivity contribution in [3.8, 4) is 5.88 Å². The smallest absolute Gasteiger partial charge is 0.255 e. The number of halogens is 1. The van der Waals surface area contributed by atoms with E-state index >= 15 is 0 Å². The summed E-state index contributed by atoms with van der Waals surface area (Å²) in [4.78, 5) is 10.0. The topological polar surface area (TPSA) is 112 Å². The molecule has 2 atom stereocenters. The molecule has 2 aliphatic heterocycles. The molecule has 11 heteroatoms. The number of fused-ring (bicyclic) bond motifs is 1. The number of hydrogen-bond acceptors (Lipinski definition) is 7. The fourth-order valence-corrected chi connectivity index (χ4v) is 5.76. The lowest BCUT2D eigenvalue weighted by Crippen LogP contribution is -2.66. The van der Waals surface area contributed by atoms with Gasteiger partial charge >= 0.3 is 0 Å². The lowest BCUT2D eigenvalue weighted by molar-refractivity contribution is 0.364. The molecule has 0 saturated carbocycles. The Kier molecular flexibility index (Phi) is 4.37. The van der Waals surface area contributed by atoms with E-state index in [1.165, 1.54) is 21.1 Å². The summed E-state index contributed by atoms with van der Waals surface area (Å²) in [5.41, 5.74) is -0.223. The predicted molar refractivity (Wildman–Crippen MR) is 105 cm³/mol. The molecular weight excluding hydrogens is 399 g/mol. The summed E-state index contributed by atoms with van der Waals surface area (Å²) in [6, 6.07) is 9.14. The van der Waals surface area contributed by atoms with Gasteiger partial charge in [-0.2, -0.15) is 9.37 Å². The summed E-state index contributed by atoms with van der Waals surface area (Å²) in [5.74, 6) is -0.882. The Labute approximate surface area is 168 Å². The molecule has 2 aromatic rings. The maximum Gasteiger partial charge on any atom is 0.255 e. The molecule has 2 saturated heterocycles. The van der Waals surface area contributed by atoms with E-state index in [1.807, 2.05) is 30.3 Å². The van der Waals surface area contributed by atoms with Crippen LogP contribution in [0.1, 0.15) is 11.3 Å². The van der Waals surface area contributed by atoms with Gasteiger partial charge in [0.25, 0.3) is 5.88 Å². The molecule has 2 aliphatic rings. The fraction of sp³-hybridized carbons (Fsp3) is 0.389. The second-order valence-corrected chi connectivity index (χ2v) is 9.27. The summed E-state index contributed by atoms with van der Waals surface area (Å²) in [5, 5.41) is 10.4. The Balaban J connectivity index is 1.86. The third-order valence-corrected chi connectivity index (χ3v) is 7.73. The fourth-order valence-electron chi connectivity index (χ4n) is 3.93. The Morgan fingerprint density at radius 2 is 2.00 bits per heavy atom. The monoisotopic (exact) mass is 420 g/mol. The van der Waals surface area contributed by atoms with Crippen LogP contribution in [0.5, 0.6) is 5.88 Å².